The zero-order valence-electron chi connectivity index (χ0n) is 16.5. The van der Waals surface area contributed by atoms with Crippen LogP contribution in [0.1, 0.15) is 42.1 Å². The highest BCUT2D eigenvalue weighted by atomic mass is 16.5. The maximum Gasteiger partial charge on any atom is 0.311 e. The number of rotatable bonds is 7. The quantitative estimate of drug-likeness (QED) is 0.702. The number of amides is 1. The van der Waals surface area contributed by atoms with Gasteiger partial charge in [0, 0.05) is 5.56 Å². The van der Waals surface area contributed by atoms with Gasteiger partial charge in [-0.25, -0.2) is 0 Å². The van der Waals surface area contributed by atoms with Gasteiger partial charge in [-0.05, 0) is 56.0 Å². The van der Waals surface area contributed by atoms with Gasteiger partial charge in [-0.15, -0.1) is 0 Å². The van der Waals surface area contributed by atoms with E-state index < -0.39 is 18.1 Å². The van der Waals surface area contributed by atoms with Gasteiger partial charge in [-0.2, -0.15) is 0 Å². The van der Waals surface area contributed by atoms with Crippen LogP contribution in [-0.4, -0.2) is 35.7 Å². The molecule has 1 saturated carbocycles. The van der Waals surface area contributed by atoms with Gasteiger partial charge in [0.25, 0.3) is 5.91 Å². The summed E-state index contributed by atoms with van der Waals surface area (Å²) in [6, 6.07) is 16.0. The Labute approximate surface area is 170 Å². The molecule has 3 rings (SSSR count). The van der Waals surface area contributed by atoms with Crippen LogP contribution in [0.4, 0.5) is 0 Å². The van der Waals surface area contributed by atoms with Crippen molar-refractivity contribution in [3.63, 3.8) is 0 Å². The van der Waals surface area contributed by atoms with Crippen molar-refractivity contribution in [2.24, 2.45) is 5.92 Å². The van der Waals surface area contributed by atoms with E-state index in [0.29, 0.717) is 30.8 Å². The normalized spacial score (nSPS) is 21.2. The Kier molecular flexibility index (Phi) is 7.25. The molecule has 3 atom stereocenters. The lowest BCUT2D eigenvalue weighted by molar-refractivity contribution is -0.151. The van der Waals surface area contributed by atoms with Gasteiger partial charge < -0.3 is 19.9 Å². The van der Waals surface area contributed by atoms with Crippen LogP contribution >= 0.6 is 0 Å². The van der Waals surface area contributed by atoms with E-state index in [1.807, 2.05) is 30.3 Å². The fraction of sp³-hybridized carbons (Fsp3) is 0.391. The van der Waals surface area contributed by atoms with Crippen LogP contribution in [0.2, 0.25) is 0 Å². The predicted octanol–water partition coefficient (Wildman–Crippen LogP) is 3.09. The fourth-order valence-corrected chi connectivity index (χ4v) is 3.56. The number of nitrogens with one attached hydrogen (secondary N) is 1. The lowest BCUT2D eigenvalue weighted by Gasteiger charge is -2.34. The van der Waals surface area contributed by atoms with Crippen molar-refractivity contribution < 1.29 is 24.2 Å². The Morgan fingerprint density at radius 1 is 1.07 bits per heavy atom. The standard InChI is InChI=1S/C23H27NO5/c1-2-28-23(27)19-9-6-10-20(25)21(19)24-22(26)17-11-13-18(14-12-17)29-15-16-7-4-3-5-8-16/h3-5,7-8,11-14,19-21,25H,2,6,9-10,15H2,1H3,(H,24,26)/t19-,20?,21?/m0/s1. The van der Waals surface area contributed by atoms with E-state index in [1.165, 1.54) is 0 Å². The molecule has 0 saturated heterocycles. The Balaban J connectivity index is 1.61. The molecular formula is C23H27NO5. The van der Waals surface area contributed by atoms with Crippen molar-refractivity contribution >= 4 is 11.9 Å². The highest BCUT2D eigenvalue weighted by Gasteiger charge is 2.38. The van der Waals surface area contributed by atoms with E-state index in [1.54, 1.807) is 31.2 Å². The van der Waals surface area contributed by atoms with E-state index in [-0.39, 0.29) is 18.5 Å². The Hall–Kier alpha value is -2.86. The minimum Gasteiger partial charge on any atom is -0.489 e. The van der Waals surface area contributed by atoms with Crippen LogP contribution in [0.5, 0.6) is 5.75 Å². The zero-order chi connectivity index (χ0) is 20.6. The number of aliphatic hydroxyl groups excluding tert-OH is 1. The first kappa shape index (κ1) is 20.9. The molecule has 2 aromatic carbocycles. The summed E-state index contributed by atoms with van der Waals surface area (Å²) in [6.07, 6.45) is 1.10. The topological polar surface area (TPSA) is 84.9 Å². The fourth-order valence-electron chi connectivity index (χ4n) is 3.56. The van der Waals surface area contributed by atoms with Gasteiger partial charge in [0.05, 0.1) is 24.7 Å². The molecule has 0 bridgehead atoms. The summed E-state index contributed by atoms with van der Waals surface area (Å²) in [5.41, 5.74) is 1.50. The first-order valence-corrected chi connectivity index (χ1v) is 10.0. The average molecular weight is 397 g/mol. The van der Waals surface area contributed by atoms with Crippen molar-refractivity contribution in [3.05, 3.63) is 65.7 Å². The van der Waals surface area contributed by atoms with Crippen LogP contribution in [0, 0.1) is 5.92 Å². The molecular weight excluding hydrogens is 370 g/mol. The second-order valence-corrected chi connectivity index (χ2v) is 7.15. The van der Waals surface area contributed by atoms with Crippen molar-refractivity contribution in [2.45, 2.75) is 44.9 Å². The molecule has 6 heteroatoms. The van der Waals surface area contributed by atoms with Crippen molar-refractivity contribution in [1.29, 1.82) is 0 Å². The third-order valence-electron chi connectivity index (χ3n) is 5.11. The predicted molar refractivity (Wildman–Crippen MR) is 108 cm³/mol. The molecule has 0 aromatic heterocycles. The summed E-state index contributed by atoms with van der Waals surface area (Å²) in [7, 11) is 0. The van der Waals surface area contributed by atoms with Crippen LogP contribution in [0.3, 0.4) is 0 Å². The van der Waals surface area contributed by atoms with E-state index in [2.05, 4.69) is 5.32 Å². The maximum atomic E-state index is 12.7. The van der Waals surface area contributed by atoms with Gasteiger partial charge in [0.15, 0.2) is 0 Å². The third-order valence-corrected chi connectivity index (χ3v) is 5.11. The summed E-state index contributed by atoms with van der Waals surface area (Å²) in [6.45, 7) is 2.46. The smallest absolute Gasteiger partial charge is 0.311 e. The van der Waals surface area contributed by atoms with Gasteiger partial charge >= 0.3 is 5.97 Å². The summed E-state index contributed by atoms with van der Waals surface area (Å²) in [5.74, 6) is -0.579. The van der Waals surface area contributed by atoms with Crippen LogP contribution in [0.15, 0.2) is 54.6 Å². The number of carbonyl (C=O) groups is 2. The lowest BCUT2D eigenvalue weighted by atomic mass is 9.82. The Morgan fingerprint density at radius 2 is 1.79 bits per heavy atom. The number of esters is 1. The van der Waals surface area contributed by atoms with Gasteiger partial charge in [0.2, 0.25) is 0 Å². The molecule has 0 spiro atoms. The summed E-state index contributed by atoms with van der Waals surface area (Å²) in [4.78, 5) is 24.9. The average Bonchev–Trinajstić information content (AvgIpc) is 2.75. The summed E-state index contributed by atoms with van der Waals surface area (Å²) < 4.78 is 10.8. The number of hydrogen-bond donors (Lipinski definition) is 2. The molecule has 154 valence electrons. The minimum atomic E-state index is -0.768. The molecule has 2 aromatic rings. The highest BCUT2D eigenvalue weighted by Crippen LogP contribution is 2.26. The number of ether oxygens (including phenoxy) is 2. The molecule has 0 heterocycles. The second kappa shape index (κ2) is 10.1. The summed E-state index contributed by atoms with van der Waals surface area (Å²) in [5, 5.41) is 13.2. The van der Waals surface area contributed by atoms with Crippen molar-refractivity contribution in [3.8, 4) is 5.75 Å². The molecule has 29 heavy (non-hydrogen) atoms. The molecule has 0 radical (unpaired) electrons. The highest BCUT2D eigenvalue weighted by molar-refractivity contribution is 5.95. The summed E-state index contributed by atoms with van der Waals surface area (Å²) >= 11 is 0. The third kappa shape index (κ3) is 5.57. The molecule has 2 unspecified atom stereocenters. The number of benzene rings is 2. The maximum absolute atomic E-state index is 12.7. The van der Waals surface area contributed by atoms with E-state index in [4.69, 9.17) is 9.47 Å². The van der Waals surface area contributed by atoms with E-state index >= 15 is 0 Å². The number of carbonyl (C=O) groups excluding carboxylic acids is 2. The monoisotopic (exact) mass is 397 g/mol. The van der Waals surface area contributed by atoms with Gasteiger partial charge in [0.1, 0.15) is 12.4 Å². The Morgan fingerprint density at radius 3 is 2.48 bits per heavy atom. The van der Waals surface area contributed by atoms with Crippen molar-refractivity contribution in [1.82, 2.24) is 5.32 Å². The van der Waals surface area contributed by atoms with Crippen molar-refractivity contribution in [2.75, 3.05) is 6.61 Å². The SMILES string of the molecule is CCOC(=O)[C@H]1CCCC(O)C1NC(=O)c1ccc(OCc2ccccc2)cc1. The second-order valence-electron chi connectivity index (χ2n) is 7.15. The van der Waals surface area contributed by atoms with Crippen LogP contribution < -0.4 is 10.1 Å². The molecule has 1 aliphatic carbocycles. The lowest BCUT2D eigenvalue weighted by Crippen LogP contribution is -2.53. The number of hydrogen-bond acceptors (Lipinski definition) is 5. The first-order chi connectivity index (χ1) is 14.1. The molecule has 1 fully saturated rings. The zero-order valence-corrected chi connectivity index (χ0v) is 16.5. The molecule has 0 aliphatic heterocycles. The molecule has 1 aliphatic rings. The molecule has 6 nitrogen and oxygen atoms in total. The molecule has 2 N–H and O–H groups in total. The van der Waals surface area contributed by atoms with Gasteiger partial charge in [-0.3, -0.25) is 9.59 Å². The molecule has 1 amide bonds. The Bertz CT molecular complexity index is 806. The van der Waals surface area contributed by atoms with E-state index in [0.717, 1.165) is 12.0 Å². The van der Waals surface area contributed by atoms with Gasteiger partial charge in [-0.1, -0.05) is 30.3 Å². The van der Waals surface area contributed by atoms with Crippen LogP contribution in [-0.2, 0) is 16.1 Å². The number of aliphatic hydroxyl groups is 1. The minimum absolute atomic E-state index is 0.274. The first-order valence-electron chi connectivity index (χ1n) is 10.0. The van der Waals surface area contributed by atoms with Crippen LogP contribution in [0.25, 0.3) is 0 Å². The van der Waals surface area contributed by atoms with E-state index in [9.17, 15) is 14.7 Å². The largest absolute Gasteiger partial charge is 0.489 e.